The molecule has 10 heteroatoms. The van der Waals surface area contributed by atoms with Crippen LogP contribution in [-0.4, -0.2) is 84.2 Å². The molecule has 2 aromatic heterocycles. The van der Waals surface area contributed by atoms with Gasteiger partial charge in [-0.15, -0.1) is 0 Å². The maximum Gasteiger partial charge on any atom is 0.229 e. The Morgan fingerprint density at radius 2 is 1.72 bits per heavy atom. The van der Waals surface area contributed by atoms with Gasteiger partial charge in [0, 0.05) is 70.2 Å². The number of aromatic nitrogens is 3. The number of hydrogen-bond donors (Lipinski definition) is 1. The van der Waals surface area contributed by atoms with Gasteiger partial charge in [0.25, 0.3) is 0 Å². The number of aliphatic hydroxyl groups excluding tert-OH is 1. The Bertz CT molecular complexity index is 1050. The third-order valence-corrected chi connectivity index (χ3v) is 8.02. The summed E-state index contributed by atoms with van der Waals surface area (Å²) in [4.78, 5) is 23.7. The number of piperazine rings is 1. The minimum Gasteiger partial charge on any atom is -0.396 e. The molecule has 0 aliphatic carbocycles. The van der Waals surface area contributed by atoms with Crippen molar-refractivity contribution in [1.29, 1.82) is 0 Å². The van der Waals surface area contributed by atoms with Crippen molar-refractivity contribution in [2.24, 2.45) is 0 Å². The molecule has 0 radical (unpaired) electrons. The molecule has 0 aromatic carbocycles. The van der Waals surface area contributed by atoms with Crippen molar-refractivity contribution >= 4 is 35.0 Å². The Morgan fingerprint density at radius 3 is 2.39 bits per heavy atom. The summed E-state index contributed by atoms with van der Waals surface area (Å²) in [6, 6.07) is 4.60. The number of alkyl halides is 1. The molecule has 3 aliphatic heterocycles. The third-order valence-electron chi connectivity index (χ3n) is 7.75. The summed E-state index contributed by atoms with van der Waals surface area (Å²) >= 11 is 6.57. The van der Waals surface area contributed by atoms with E-state index in [4.69, 9.17) is 21.6 Å². The van der Waals surface area contributed by atoms with Gasteiger partial charge in [-0.2, -0.15) is 9.97 Å². The van der Waals surface area contributed by atoms with Gasteiger partial charge in [0.15, 0.2) is 0 Å². The first-order chi connectivity index (χ1) is 17.4. The third kappa shape index (κ3) is 5.32. The van der Waals surface area contributed by atoms with E-state index in [1.165, 1.54) is 0 Å². The molecule has 36 heavy (non-hydrogen) atoms. The van der Waals surface area contributed by atoms with Gasteiger partial charge in [0.1, 0.15) is 23.6 Å². The molecular formula is C26H37ClFN7O. The van der Waals surface area contributed by atoms with Gasteiger partial charge in [0.05, 0.1) is 5.02 Å². The molecule has 5 rings (SSSR count). The van der Waals surface area contributed by atoms with Crippen LogP contribution in [0.1, 0.15) is 45.1 Å². The van der Waals surface area contributed by atoms with E-state index >= 15 is 0 Å². The first kappa shape index (κ1) is 25.3. The number of piperidine rings is 1. The van der Waals surface area contributed by atoms with Gasteiger partial charge in [-0.25, -0.2) is 9.37 Å². The Morgan fingerprint density at radius 1 is 0.944 bits per heavy atom. The Kier molecular flexibility index (Phi) is 7.67. The second kappa shape index (κ2) is 10.9. The summed E-state index contributed by atoms with van der Waals surface area (Å²) < 4.78 is 13.8. The molecule has 2 atom stereocenters. The first-order valence-corrected chi connectivity index (χ1v) is 13.6. The van der Waals surface area contributed by atoms with Gasteiger partial charge < -0.3 is 24.7 Å². The molecular weight excluding hydrogens is 481 g/mol. The minimum absolute atomic E-state index is 0.0813. The van der Waals surface area contributed by atoms with Crippen LogP contribution in [0.3, 0.4) is 0 Å². The average Bonchev–Trinajstić information content (AvgIpc) is 3.30. The zero-order chi connectivity index (χ0) is 25.2. The molecule has 0 bridgehead atoms. The van der Waals surface area contributed by atoms with Gasteiger partial charge >= 0.3 is 0 Å². The fraction of sp³-hybridized carbons (Fsp3) is 0.654. The molecule has 0 saturated carbocycles. The molecule has 0 amide bonds. The molecule has 5 heterocycles. The van der Waals surface area contributed by atoms with Crippen LogP contribution in [0.25, 0.3) is 0 Å². The summed E-state index contributed by atoms with van der Waals surface area (Å²) in [5, 5.41) is 9.82. The second-order valence-electron chi connectivity index (χ2n) is 10.3. The fourth-order valence-corrected chi connectivity index (χ4v) is 5.92. The number of aliphatic hydroxyl groups is 1. The molecule has 2 unspecified atom stereocenters. The lowest BCUT2D eigenvalue weighted by atomic mass is 10.1. The highest BCUT2D eigenvalue weighted by atomic mass is 35.5. The number of hydrogen-bond acceptors (Lipinski definition) is 8. The number of anilines is 4. The van der Waals surface area contributed by atoms with Crippen LogP contribution in [0.15, 0.2) is 18.3 Å². The van der Waals surface area contributed by atoms with Crippen molar-refractivity contribution in [3.05, 3.63) is 28.9 Å². The van der Waals surface area contributed by atoms with Crippen LogP contribution in [0.2, 0.25) is 5.02 Å². The van der Waals surface area contributed by atoms with E-state index in [0.717, 1.165) is 68.0 Å². The Labute approximate surface area is 218 Å². The van der Waals surface area contributed by atoms with Crippen LogP contribution in [-0.2, 0) is 6.42 Å². The predicted molar refractivity (Wildman–Crippen MR) is 143 cm³/mol. The highest BCUT2D eigenvalue weighted by Crippen LogP contribution is 2.32. The minimum atomic E-state index is -0.716. The summed E-state index contributed by atoms with van der Waals surface area (Å²) in [6.45, 7) is 9.20. The smallest absolute Gasteiger partial charge is 0.229 e. The van der Waals surface area contributed by atoms with Crippen molar-refractivity contribution in [2.75, 3.05) is 65.5 Å². The predicted octanol–water partition coefficient (Wildman–Crippen LogP) is 3.70. The van der Waals surface area contributed by atoms with Crippen molar-refractivity contribution in [2.45, 2.75) is 64.2 Å². The standard InChI is InChI=1S/C26H37ClFN7O/c1-18-4-3-8-35(18)26-30-23(32-9-5-21(28)6-10-32)15-24(31-26)34-12-11-33(17-19(34)2)25-22(27)14-20(7-13-36)16-29-25/h14-16,18-19,21,36H,3-13,17H2,1-2H3. The summed E-state index contributed by atoms with van der Waals surface area (Å²) in [5.74, 6) is 3.41. The van der Waals surface area contributed by atoms with Crippen LogP contribution < -0.4 is 19.6 Å². The zero-order valence-corrected chi connectivity index (χ0v) is 22.0. The van der Waals surface area contributed by atoms with E-state index in [2.05, 4.69) is 44.5 Å². The molecule has 2 aromatic rings. The van der Waals surface area contributed by atoms with Crippen LogP contribution in [0.5, 0.6) is 0 Å². The first-order valence-electron chi connectivity index (χ1n) is 13.2. The quantitative estimate of drug-likeness (QED) is 0.622. The van der Waals surface area contributed by atoms with Crippen molar-refractivity contribution < 1.29 is 9.50 Å². The van der Waals surface area contributed by atoms with E-state index in [9.17, 15) is 9.50 Å². The number of rotatable bonds is 6. The highest BCUT2D eigenvalue weighted by molar-refractivity contribution is 6.33. The number of halogens is 2. The lowest BCUT2D eigenvalue weighted by Gasteiger charge is -2.42. The lowest BCUT2D eigenvalue weighted by molar-refractivity contribution is 0.276. The van der Waals surface area contributed by atoms with Gasteiger partial charge in [-0.05, 0) is 57.6 Å². The van der Waals surface area contributed by atoms with Crippen molar-refractivity contribution in [3.63, 3.8) is 0 Å². The maximum atomic E-state index is 13.8. The summed E-state index contributed by atoms with van der Waals surface area (Å²) in [5.41, 5.74) is 0.937. The largest absolute Gasteiger partial charge is 0.396 e. The van der Waals surface area contributed by atoms with E-state index in [1.807, 2.05) is 6.07 Å². The maximum absolute atomic E-state index is 13.8. The molecule has 196 valence electrons. The SMILES string of the molecule is CC1CN(c2ncc(CCO)cc2Cl)CCN1c1cc(N2CCC(F)CC2)nc(N2CCCC2C)n1. The Hall–Kier alpha value is -2.39. The molecule has 3 aliphatic rings. The van der Waals surface area contributed by atoms with Gasteiger partial charge in [-0.3, -0.25) is 0 Å². The van der Waals surface area contributed by atoms with Crippen LogP contribution >= 0.6 is 11.6 Å². The zero-order valence-electron chi connectivity index (χ0n) is 21.3. The van der Waals surface area contributed by atoms with E-state index < -0.39 is 6.17 Å². The molecule has 3 saturated heterocycles. The van der Waals surface area contributed by atoms with E-state index in [1.54, 1.807) is 6.20 Å². The number of pyridine rings is 1. The average molecular weight is 518 g/mol. The number of nitrogens with zero attached hydrogens (tertiary/aromatic N) is 7. The van der Waals surface area contributed by atoms with Crippen molar-refractivity contribution in [3.8, 4) is 0 Å². The topological polar surface area (TPSA) is 71.9 Å². The van der Waals surface area contributed by atoms with Crippen LogP contribution in [0.4, 0.5) is 27.8 Å². The normalized spacial score (nSPS) is 23.6. The lowest BCUT2D eigenvalue weighted by Crippen LogP contribution is -2.53. The van der Waals surface area contributed by atoms with E-state index in [0.29, 0.717) is 43.4 Å². The van der Waals surface area contributed by atoms with Crippen molar-refractivity contribution in [1.82, 2.24) is 15.0 Å². The molecule has 0 spiro atoms. The summed E-state index contributed by atoms with van der Waals surface area (Å²) in [6.07, 6.45) is 5.03. The molecule has 8 nitrogen and oxygen atoms in total. The Balaban J connectivity index is 1.38. The summed E-state index contributed by atoms with van der Waals surface area (Å²) in [7, 11) is 0. The van der Waals surface area contributed by atoms with Crippen LogP contribution in [0, 0.1) is 0 Å². The monoisotopic (exact) mass is 517 g/mol. The fourth-order valence-electron chi connectivity index (χ4n) is 5.61. The molecule has 1 N–H and O–H groups in total. The van der Waals surface area contributed by atoms with E-state index in [-0.39, 0.29) is 12.6 Å². The second-order valence-corrected chi connectivity index (χ2v) is 10.7. The molecule has 3 fully saturated rings. The van der Waals surface area contributed by atoms with Gasteiger partial charge in [-0.1, -0.05) is 11.6 Å². The highest BCUT2D eigenvalue weighted by Gasteiger charge is 2.30. The van der Waals surface area contributed by atoms with Gasteiger partial charge in [0.2, 0.25) is 5.95 Å².